The third-order valence-corrected chi connectivity index (χ3v) is 4.95. The van der Waals surface area contributed by atoms with E-state index in [0.29, 0.717) is 31.7 Å². The summed E-state index contributed by atoms with van der Waals surface area (Å²) in [6.45, 7) is 6.35. The average Bonchev–Trinajstić information content (AvgIpc) is 2.87. The van der Waals surface area contributed by atoms with Gasteiger partial charge in [0.25, 0.3) is 0 Å². The first-order chi connectivity index (χ1) is 10.7. The molecule has 1 amide bonds. The van der Waals surface area contributed by atoms with Gasteiger partial charge in [-0.15, -0.1) is 0 Å². The molecule has 1 aromatic heterocycles. The van der Waals surface area contributed by atoms with Gasteiger partial charge in [0.15, 0.2) is 5.82 Å². The molecule has 0 bridgehead atoms. The number of pyridine rings is 1. The summed E-state index contributed by atoms with van der Waals surface area (Å²) in [6, 6.07) is 1.98. The maximum atomic E-state index is 15.0. The predicted molar refractivity (Wildman–Crippen MR) is 94.0 cm³/mol. The summed E-state index contributed by atoms with van der Waals surface area (Å²) in [6.07, 6.45) is 3.35. The molecule has 1 aromatic rings. The van der Waals surface area contributed by atoms with E-state index in [1.54, 1.807) is 11.1 Å². The summed E-state index contributed by atoms with van der Waals surface area (Å²) < 4.78 is 21.4. The van der Waals surface area contributed by atoms with Crippen molar-refractivity contribution in [3.05, 3.63) is 21.4 Å². The number of ether oxygens (including phenoxy) is 1. The van der Waals surface area contributed by atoms with Crippen molar-refractivity contribution in [3.8, 4) is 0 Å². The SMILES string of the molecule is CC(C)(C)OC(=O)N1CCC2(CCc3cc(I)cnc3N2F)C1. The zero-order valence-corrected chi connectivity index (χ0v) is 15.8. The van der Waals surface area contributed by atoms with Crippen LogP contribution >= 0.6 is 22.6 Å². The number of halogens is 2. The molecule has 3 heterocycles. The number of rotatable bonds is 0. The summed E-state index contributed by atoms with van der Waals surface area (Å²) >= 11 is 2.18. The number of aryl methyl sites for hydroxylation is 1. The lowest BCUT2D eigenvalue weighted by molar-refractivity contribution is 0.0277. The number of aromatic nitrogens is 1. The van der Waals surface area contributed by atoms with Crippen LogP contribution in [0.5, 0.6) is 0 Å². The fraction of sp³-hybridized carbons (Fsp3) is 0.625. The second-order valence-corrected chi connectivity index (χ2v) is 8.54. The summed E-state index contributed by atoms with van der Waals surface area (Å²) in [4.78, 5) is 18.1. The van der Waals surface area contributed by atoms with E-state index >= 15 is 4.48 Å². The summed E-state index contributed by atoms with van der Waals surface area (Å²) in [7, 11) is 0. The minimum Gasteiger partial charge on any atom is -0.444 e. The minimum absolute atomic E-state index is 0.339. The molecule has 1 atom stereocenters. The quantitative estimate of drug-likeness (QED) is 0.463. The van der Waals surface area contributed by atoms with Gasteiger partial charge in [0.05, 0.1) is 12.1 Å². The highest BCUT2D eigenvalue weighted by molar-refractivity contribution is 14.1. The Kier molecular flexibility index (Phi) is 4.18. The predicted octanol–water partition coefficient (Wildman–Crippen LogP) is 3.70. The third-order valence-electron chi connectivity index (χ3n) is 4.36. The molecule has 1 spiro atoms. The van der Waals surface area contributed by atoms with Gasteiger partial charge in [0.2, 0.25) is 0 Å². The standard InChI is InChI=1S/C16H21FIN3O2/c1-15(2,3)23-14(22)20-7-6-16(10-20)5-4-11-8-12(18)9-19-13(11)21(16)17/h8-9H,4-7,10H2,1-3H3. The molecule has 1 unspecified atom stereocenters. The zero-order chi connectivity index (χ0) is 16.8. The molecule has 2 aliphatic heterocycles. The monoisotopic (exact) mass is 433 g/mol. The molecule has 126 valence electrons. The lowest BCUT2D eigenvalue weighted by Gasteiger charge is -2.39. The first-order valence-electron chi connectivity index (χ1n) is 7.79. The van der Waals surface area contributed by atoms with Gasteiger partial charge >= 0.3 is 6.09 Å². The Morgan fingerprint density at radius 3 is 2.87 bits per heavy atom. The highest BCUT2D eigenvalue weighted by Gasteiger charge is 2.49. The molecule has 23 heavy (non-hydrogen) atoms. The van der Waals surface area contributed by atoms with E-state index < -0.39 is 11.1 Å². The Balaban J connectivity index is 1.77. The van der Waals surface area contributed by atoms with Crippen molar-refractivity contribution in [2.75, 3.05) is 18.2 Å². The number of carbonyl (C=O) groups excluding carboxylic acids is 1. The van der Waals surface area contributed by atoms with Gasteiger partial charge in [0.1, 0.15) is 5.60 Å². The van der Waals surface area contributed by atoms with Crippen molar-refractivity contribution in [1.82, 2.24) is 9.88 Å². The Morgan fingerprint density at radius 2 is 2.17 bits per heavy atom. The lowest BCUT2D eigenvalue weighted by atomic mass is 9.86. The fourth-order valence-electron chi connectivity index (χ4n) is 3.23. The van der Waals surface area contributed by atoms with Crippen LogP contribution in [0, 0.1) is 3.57 Å². The van der Waals surface area contributed by atoms with E-state index in [9.17, 15) is 4.79 Å². The molecular formula is C16H21FIN3O2. The van der Waals surface area contributed by atoms with E-state index in [-0.39, 0.29) is 6.09 Å². The van der Waals surface area contributed by atoms with E-state index in [1.807, 2.05) is 26.8 Å². The van der Waals surface area contributed by atoms with Crippen LogP contribution < -0.4 is 5.12 Å². The maximum Gasteiger partial charge on any atom is 0.410 e. The number of anilines is 1. The minimum atomic E-state index is -0.677. The van der Waals surface area contributed by atoms with E-state index in [0.717, 1.165) is 20.7 Å². The third kappa shape index (κ3) is 3.25. The van der Waals surface area contributed by atoms with Gasteiger partial charge in [-0.3, -0.25) is 0 Å². The number of fused-ring (bicyclic) bond motifs is 1. The molecule has 1 saturated heterocycles. The summed E-state index contributed by atoms with van der Waals surface area (Å²) in [5.41, 5.74) is -0.288. The van der Waals surface area contributed by atoms with Crippen LogP contribution in [0.25, 0.3) is 0 Å². The Labute approximate surface area is 149 Å². The number of carbonyl (C=O) groups is 1. The number of hydrogen-bond acceptors (Lipinski definition) is 4. The lowest BCUT2D eigenvalue weighted by Crippen LogP contribution is -2.50. The molecule has 3 rings (SSSR count). The van der Waals surface area contributed by atoms with Gasteiger partial charge in [-0.2, -0.15) is 5.12 Å². The summed E-state index contributed by atoms with van der Waals surface area (Å²) in [5.74, 6) is 0.391. The van der Waals surface area contributed by atoms with Gasteiger partial charge in [0, 0.05) is 16.3 Å². The molecule has 1 fully saturated rings. The normalized spacial score (nSPS) is 24.0. The van der Waals surface area contributed by atoms with Crippen molar-refractivity contribution in [3.63, 3.8) is 0 Å². The van der Waals surface area contributed by atoms with Crippen LogP contribution in [0.2, 0.25) is 0 Å². The van der Waals surface area contributed by atoms with Crippen molar-refractivity contribution in [2.45, 2.75) is 51.2 Å². The van der Waals surface area contributed by atoms with Crippen molar-refractivity contribution in [1.29, 1.82) is 0 Å². The number of hydrogen-bond donors (Lipinski definition) is 0. The van der Waals surface area contributed by atoms with Crippen LogP contribution in [0.3, 0.4) is 0 Å². The van der Waals surface area contributed by atoms with Gasteiger partial charge < -0.3 is 9.64 Å². The van der Waals surface area contributed by atoms with Gasteiger partial charge in [-0.1, -0.05) is 4.48 Å². The zero-order valence-electron chi connectivity index (χ0n) is 13.6. The van der Waals surface area contributed by atoms with Gasteiger partial charge in [-0.05, 0) is 74.3 Å². The maximum absolute atomic E-state index is 15.0. The number of amides is 1. The molecule has 0 radical (unpaired) electrons. The topological polar surface area (TPSA) is 45.7 Å². The molecule has 0 saturated carbocycles. The van der Waals surface area contributed by atoms with E-state index in [4.69, 9.17) is 4.74 Å². The van der Waals surface area contributed by atoms with Crippen LogP contribution in [0.1, 0.15) is 39.2 Å². The highest BCUT2D eigenvalue weighted by atomic mass is 127. The highest BCUT2D eigenvalue weighted by Crippen LogP contribution is 2.42. The van der Waals surface area contributed by atoms with Crippen molar-refractivity contribution < 1.29 is 14.0 Å². The van der Waals surface area contributed by atoms with Crippen molar-refractivity contribution >= 4 is 34.5 Å². The van der Waals surface area contributed by atoms with E-state index in [2.05, 4.69) is 27.6 Å². The number of nitrogens with zero attached hydrogens (tertiary/aromatic N) is 3. The van der Waals surface area contributed by atoms with E-state index in [1.165, 1.54) is 0 Å². The van der Waals surface area contributed by atoms with Crippen LogP contribution in [0.4, 0.5) is 15.1 Å². The van der Waals surface area contributed by atoms with Crippen LogP contribution in [-0.2, 0) is 11.2 Å². The number of likely N-dealkylation sites (tertiary alicyclic amines) is 1. The summed E-state index contributed by atoms with van der Waals surface area (Å²) in [5, 5.41) is 0.784. The molecule has 0 aromatic carbocycles. The Bertz CT molecular complexity index is 634. The Hall–Kier alpha value is -1.12. The first kappa shape index (κ1) is 16.7. The fourth-order valence-corrected chi connectivity index (χ4v) is 3.74. The molecular weight excluding hydrogens is 412 g/mol. The average molecular weight is 433 g/mol. The van der Waals surface area contributed by atoms with Crippen LogP contribution in [-0.4, -0.2) is 40.2 Å². The van der Waals surface area contributed by atoms with Crippen LogP contribution in [0.15, 0.2) is 12.3 Å². The largest absolute Gasteiger partial charge is 0.444 e. The molecule has 0 N–H and O–H groups in total. The molecule has 0 aliphatic carbocycles. The smallest absolute Gasteiger partial charge is 0.410 e. The molecule has 5 nitrogen and oxygen atoms in total. The second-order valence-electron chi connectivity index (χ2n) is 7.29. The van der Waals surface area contributed by atoms with Gasteiger partial charge in [-0.25, -0.2) is 9.78 Å². The molecule has 7 heteroatoms. The molecule has 2 aliphatic rings. The van der Waals surface area contributed by atoms with Crippen molar-refractivity contribution in [2.24, 2.45) is 0 Å². The Morgan fingerprint density at radius 1 is 1.43 bits per heavy atom. The second kappa shape index (κ2) is 5.75. The first-order valence-corrected chi connectivity index (χ1v) is 8.86.